The highest BCUT2D eigenvalue weighted by molar-refractivity contribution is 7.98. The Balaban J connectivity index is 1.70. The van der Waals surface area contributed by atoms with Crippen LogP contribution in [0.4, 0.5) is 10.3 Å². The molecule has 1 N–H and O–H groups in total. The van der Waals surface area contributed by atoms with E-state index in [0.717, 1.165) is 0 Å². The van der Waals surface area contributed by atoms with E-state index < -0.39 is 18.0 Å². The summed E-state index contributed by atoms with van der Waals surface area (Å²) in [4.78, 5) is 29.3. The van der Waals surface area contributed by atoms with Crippen molar-refractivity contribution in [2.45, 2.75) is 30.8 Å². The molecule has 1 unspecified atom stereocenters. The molecule has 176 valence electrons. The number of nitrogens with zero attached hydrogens (tertiary/aromatic N) is 3. The predicted molar refractivity (Wildman–Crippen MR) is 125 cm³/mol. The molecular weight excluding hydrogens is 459 g/mol. The summed E-state index contributed by atoms with van der Waals surface area (Å²) in [6, 6.07) is 12.7. The molecule has 0 aliphatic carbocycles. The molecule has 10 heteroatoms. The molecule has 0 spiro atoms. The zero-order valence-corrected chi connectivity index (χ0v) is 19.7. The lowest BCUT2D eigenvalue weighted by Gasteiger charge is -2.28. The number of halogens is 1. The highest BCUT2D eigenvalue weighted by Gasteiger charge is 2.35. The van der Waals surface area contributed by atoms with Crippen LogP contribution >= 0.6 is 11.8 Å². The number of allylic oxidation sites excluding steroid dienone is 1. The maximum absolute atomic E-state index is 14.0. The third kappa shape index (κ3) is 4.67. The Bertz CT molecular complexity index is 1260. The summed E-state index contributed by atoms with van der Waals surface area (Å²) in [6.07, 6.45) is 0. The van der Waals surface area contributed by atoms with Crippen molar-refractivity contribution in [3.8, 4) is 0 Å². The smallest absolute Gasteiger partial charge is 0.338 e. The van der Waals surface area contributed by atoms with Gasteiger partial charge in [0.05, 0.1) is 24.9 Å². The molecule has 34 heavy (non-hydrogen) atoms. The van der Waals surface area contributed by atoms with Gasteiger partial charge in [-0.25, -0.2) is 18.7 Å². The molecule has 2 aromatic carbocycles. The standard InChI is InChI=1S/C24H23FN4O4S/c1-4-33-22(31)19-14(2)26-23-27-24(34-13-17-7-5-6-8-18(17)25)28-29(23)20(19)15-9-11-16(12-10-15)21(30)32-3/h5-12,20H,4,13H2,1-3H3,(H,26,27,28). The fraction of sp³-hybridized carbons (Fsp3) is 0.250. The van der Waals surface area contributed by atoms with Gasteiger partial charge in [-0.1, -0.05) is 42.1 Å². The van der Waals surface area contributed by atoms with Gasteiger partial charge >= 0.3 is 11.9 Å². The Morgan fingerprint density at radius 1 is 1.15 bits per heavy atom. The predicted octanol–water partition coefficient (Wildman–Crippen LogP) is 4.35. The van der Waals surface area contributed by atoms with Crippen molar-refractivity contribution in [3.63, 3.8) is 0 Å². The molecule has 0 radical (unpaired) electrons. The number of methoxy groups -OCH3 is 1. The number of hydrogen-bond acceptors (Lipinski definition) is 8. The van der Waals surface area contributed by atoms with Crippen LogP contribution in [0.5, 0.6) is 0 Å². The number of rotatable bonds is 7. The van der Waals surface area contributed by atoms with Gasteiger partial charge in [-0.05, 0) is 43.2 Å². The summed E-state index contributed by atoms with van der Waals surface area (Å²) >= 11 is 1.29. The average molecular weight is 483 g/mol. The van der Waals surface area contributed by atoms with Gasteiger partial charge in [0.25, 0.3) is 0 Å². The third-order valence-electron chi connectivity index (χ3n) is 5.29. The SMILES string of the molecule is CCOC(=O)C1=C(C)Nc2nc(SCc3ccccc3F)nn2C1c1ccc(C(=O)OC)cc1. The molecule has 0 amide bonds. The lowest BCUT2D eigenvalue weighted by Crippen LogP contribution is -2.29. The molecule has 0 bridgehead atoms. The Labute approximate surface area is 200 Å². The van der Waals surface area contributed by atoms with Gasteiger partial charge in [0.1, 0.15) is 11.9 Å². The maximum atomic E-state index is 14.0. The van der Waals surface area contributed by atoms with E-state index in [0.29, 0.717) is 44.8 Å². The minimum absolute atomic E-state index is 0.220. The molecule has 1 aliphatic heterocycles. The minimum atomic E-state index is -0.627. The van der Waals surface area contributed by atoms with Gasteiger partial charge in [-0.15, -0.1) is 5.10 Å². The largest absolute Gasteiger partial charge is 0.465 e. The van der Waals surface area contributed by atoms with E-state index >= 15 is 0 Å². The Kier molecular flexibility index (Phi) is 6.97. The van der Waals surface area contributed by atoms with Crippen LogP contribution in [0.3, 0.4) is 0 Å². The second-order valence-corrected chi connectivity index (χ2v) is 8.39. The Morgan fingerprint density at radius 2 is 1.88 bits per heavy atom. The van der Waals surface area contributed by atoms with E-state index in [4.69, 9.17) is 9.47 Å². The van der Waals surface area contributed by atoms with Gasteiger partial charge in [-0.3, -0.25) is 0 Å². The number of thioether (sulfide) groups is 1. The number of anilines is 1. The zero-order chi connectivity index (χ0) is 24.2. The average Bonchev–Trinajstić information content (AvgIpc) is 3.24. The van der Waals surface area contributed by atoms with Crippen LogP contribution in [-0.4, -0.2) is 40.4 Å². The molecule has 3 aromatic rings. The van der Waals surface area contributed by atoms with E-state index in [-0.39, 0.29) is 12.4 Å². The number of hydrogen-bond donors (Lipinski definition) is 1. The number of ether oxygens (including phenoxy) is 2. The number of aromatic nitrogens is 3. The molecule has 1 aliphatic rings. The summed E-state index contributed by atoms with van der Waals surface area (Å²) in [5.41, 5.74) is 2.62. The quantitative estimate of drug-likeness (QED) is 0.392. The summed E-state index contributed by atoms with van der Waals surface area (Å²) in [5.74, 6) is -0.420. The second kappa shape index (κ2) is 10.1. The molecule has 0 saturated carbocycles. The van der Waals surface area contributed by atoms with Gasteiger partial charge in [0.2, 0.25) is 11.1 Å². The van der Waals surface area contributed by atoms with E-state index in [1.807, 2.05) is 0 Å². The van der Waals surface area contributed by atoms with Gasteiger partial charge < -0.3 is 14.8 Å². The second-order valence-electron chi connectivity index (χ2n) is 7.44. The summed E-state index contributed by atoms with van der Waals surface area (Å²) in [7, 11) is 1.32. The third-order valence-corrected chi connectivity index (χ3v) is 6.18. The highest BCUT2D eigenvalue weighted by Crippen LogP contribution is 2.37. The van der Waals surface area contributed by atoms with Crippen LogP contribution in [0.1, 0.15) is 41.4 Å². The van der Waals surface area contributed by atoms with Crippen molar-refractivity contribution in [2.75, 3.05) is 19.0 Å². The number of nitrogens with one attached hydrogen (secondary N) is 1. The van der Waals surface area contributed by atoms with Gasteiger partial charge in [0.15, 0.2) is 0 Å². The maximum Gasteiger partial charge on any atom is 0.338 e. The Hall–Kier alpha value is -3.66. The summed E-state index contributed by atoms with van der Waals surface area (Å²) in [5, 5.41) is 8.16. The molecule has 0 saturated heterocycles. The van der Waals surface area contributed by atoms with Crippen molar-refractivity contribution >= 4 is 29.6 Å². The van der Waals surface area contributed by atoms with Crippen LogP contribution in [-0.2, 0) is 20.0 Å². The van der Waals surface area contributed by atoms with Crippen molar-refractivity contribution in [3.05, 3.63) is 82.3 Å². The molecule has 2 heterocycles. The van der Waals surface area contributed by atoms with Crippen LogP contribution in [0.15, 0.2) is 65.0 Å². The van der Waals surface area contributed by atoms with Crippen LogP contribution in [0, 0.1) is 5.82 Å². The number of carbonyl (C=O) groups excluding carboxylic acids is 2. The topological polar surface area (TPSA) is 95.3 Å². The highest BCUT2D eigenvalue weighted by atomic mass is 32.2. The molecule has 4 rings (SSSR count). The first-order valence-corrected chi connectivity index (χ1v) is 11.6. The van der Waals surface area contributed by atoms with Crippen molar-refractivity contribution in [2.24, 2.45) is 0 Å². The van der Waals surface area contributed by atoms with Crippen LogP contribution in [0.25, 0.3) is 0 Å². The number of fused-ring (bicyclic) bond motifs is 1. The van der Waals surface area contributed by atoms with Crippen molar-refractivity contribution in [1.29, 1.82) is 0 Å². The monoisotopic (exact) mass is 482 g/mol. The van der Waals surface area contributed by atoms with E-state index in [2.05, 4.69) is 15.4 Å². The van der Waals surface area contributed by atoms with Crippen LogP contribution < -0.4 is 5.32 Å². The number of esters is 2. The van der Waals surface area contributed by atoms with E-state index in [1.165, 1.54) is 24.9 Å². The lowest BCUT2D eigenvalue weighted by atomic mass is 9.95. The van der Waals surface area contributed by atoms with E-state index in [9.17, 15) is 14.0 Å². The minimum Gasteiger partial charge on any atom is -0.465 e. The van der Waals surface area contributed by atoms with Crippen LogP contribution in [0.2, 0.25) is 0 Å². The fourth-order valence-corrected chi connectivity index (χ4v) is 4.47. The van der Waals surface area contributed by atoms with Crippen molar-refractivity contribution < 1.29 is 23.5 Å². The van der Waals surface area contributed by atoms with E-state index in [1.54, 1.807) is 61.0 Å². The number of benzene rings is 2. The number of carbonyl (C=O) groups is 2. The first kappa shape index (κ1) is 23.5. The Morgan fingerprint density at radius 3 is 2.56 bits per heavy atom. The summed E-state index contributed by atoms with van der Waals surface area (Å²) in [6.45, 7) is 3.73. The first-order chi connectivity index (χ1) is 16.4. The molecule has 1 aromatic heterocycles. The summed E-state index contributed by atoms with van der Waals surface area (Å²) < 4.78 is 25.7. The van der Waals surface area contributed by atoms with Gasteiger partial charge in [0, 0.05) is 11.4 Å². The molecule has 0 fully saturated rings. The van der Waals surface area contributed by atoms with Crippen molar-refractivity contribution in [1.82, 2.24) is 14.8 Å². The van der Waals surface area contributed by atoms with Gasteiger partial charge in [-0.2, -0.15) is 4.98 Å². The fourth-order valence-electron chi connectivity index (χ4n) is 3.65. The first-order valence-electron chi connectivity index (χ1n) is 10.6. The normalized spacial score (nSPS) is 14.9. The molecule has 8 nitrogen and oxygen atoms in total. The lowest BCUT2D eigenvalue weighted by molar-refractivity contribution is -0.139. The zero-order valence-electron chi connectivity index (χ0n) is 18.9. The molecule has 1 atom stereocenters. The molecular formula is C24H23FN4O4S.